The number of nitrogens with two attached hydrogens (primary N) is 1. The van der Waals surface area contributed by atoms with E-state index >= 15 is 0 Å². The Morgan fingerprint density at radius 1 is 1.41 bits per heavy atom. The maximum atomic E-state index is 13.8. The molecular formula is C14H21FN2. The lowest BCUT2D eigenvalue weighted by Crippen LogP contribution is -2.35. The molecule has 1 heterocycles. The van der Waals surface area contributed by atoms with Crippen molar-refractivity contribution < 1.29 is 4.39 Å². The summed E-state index contributed by atoms with van der Waals surface area (Å²) in [6, 6.07) is 6.27. The van der Waals surface area contributed by atoms with Crippen LogP contribution in [0.4, 0.5) is 10.1 Å². The van der Waals surface area contributed by atoms with Gasteiger partial charge in [-0.25, -0.2) is 4.39 Å². The van der Waals surface area contributed by atoms with Crippen LogP contribution in [0.15, 0.2) is 18.2 Å². The molecule has 1 aliphatic heterocycles. The molecule has 94 valence electrons. The third kappa shape index (κ3) is 2.16. The van der Waals surface area contributed by atoms with Crippen molar-refractivity contribution in [1.82, 2.24) is 0 Å². The highest BCUT2D eigenvalue weighted by Crippen LogP contribution is 2.34. The SMILES string of the molecule is CCC1CCC(C)N1c1cccc(F)c1CN. The second-order valence-corrected chi connectivity index (χ2v) is 4.84. The van der Waals surface area contributed by atoms with Crippen LogP contribution >= 0.6 is 0 Å². The molecule has 17 heavy (non-hydrogen) atoms. The molecule has 1 fully saturated rings. The molecule has 0 spiro atoms. The molecule has 3 heteroatoms. The van der Waals surface area contributed by atoms with Gasteiger partial charge in [0.05, 0.1) is 0 Å². The maximum Gasteiger partial charge on any atom is 0.129 e. The van der Waals surface area contributed by atoms with Crippen molar-refractivity contribution in [3.05, 3.63) is 29.6 Å². The van der Waals surface area contributed by atoms with Crippen LogP contribution in [0.3, 0.4) is 0 Å². The Hall–Kier alpha value is -1.09. The Kier molecular flexibility index (Phi) is 3.67. The van der Waals surface area contributed by atoms with Crippen molar-refractivity contribution in [1.29, 1.82) is 0 Å². The van der Waals surface area contributed by atoms with Gasteiger partial charge in [0.1, 0.15) is 5.82 Å². The monoisotopic (exact) mass is 236 g/mol. The second kappa shape index (κ2) is 5.05. The van der Waals surface area contributed by atoms with Crippen molar-refractivity contribution in [2.24, 2.45) is 5.73 Å². The van der Waals surface area contributed by atoms with Gasteiger partial charge in [-0.15, -0.1) is 0 Å². The number of anilines is 1. The summed E-state index contributed by atoms with van der Waals surface area (Å²) in [7, 11) is 0. The molecule has 1 aromatic carbocycles. The molecule has 2 nitrogen and oxygen atoms in total. The molecule has 0 amide bonds. The van der Waals surface area contributed by atoms with E-state index < -0.39 is 0 Å². The lowest BCUT2D eigenvalue weighted by atomic mass is 10.1. The molecule has 1 aliphatic rings. The van der Waals surface area contributed by atoms with Crippen LogP contribution in [0.2, 0.25) is 0 Å². The van der Waals surface area contributed by atoms with Gasteiger partial charge in [-0.05, 0) is 38.3 Å². The normalized spacial score (nSPS) is 24.4. The quantitative estimate of drug-likeness (QED) is 0.874. The van der Waals surface area contributed by atoms with Gasteiger partial charge in [-0.2, -0.15) is 0 Å². The molecule has 0 bridgehead atoms. The van der Waals surface area contributed by atoms with Crippen LogP contribution in [0.25, 0.3) is 0 Å². The van der Waals surface area contributed by atoms with E-state index in [1.807, 2.05) is 6.07 Å². The molecule has 1 saturated heterocycles. The van der Waals surface area contributed by atoms with Gasteiger partial charge in [0.2, 0.25) is 0 Å². The van der Waals surface area contributed by atoms with Gasteiger partial charge in [0, 0.05) is 29.9 Å². The first-order valence-electron chi connectivity index (χ1n) is 6.44. The Balaban J connectivity index is 2.41. The van der Waals surface area contributed by atoms with E-state index in [1.165, 1.54) is 18.9 Å². The van der Waals surface area contributed by atoms with E-state index in [4.69, 9.17) is 5.73 Å². The molecule has 0 radical (unpaired) electrons. The smallest absolute Gasteiger partial charge is 0.129 e. The fourth-order valence-electron chi connectivity index (χ4n) is 2.90. The molecule has 0 saturated carbocycles. The van der Waals surface area contributed by atoms with E-state index in [0.29, 0.717) is 17.6 Å². The first kappa shape index (κ1) is 12.4. The fraction of sp³-hybridized carbons (Fsp3) is 0.571. The van der Waals surface area contributed by atoms with Gasteiger partial charge >= 0.3 is 0 Å². The first-order chi connectivity index (χ1) is 8.19. The summed E-state index contributed by atoms with van der Waals surface area (Å²) >= 11 is 0. The number of hydrogen-bond acceptors (Lipinski definition) is 2. The molecule has 2 unspecified atom stereocenters. The van der Waals surface area contributed by atoms with Crippen LogP contribution < -0.4 is 10.6 Å². The van der Waals surface area contributed by atoms with Crippen molar-refractivity contribution >= 4 is 5.69 Å². The van der Waals surface area contributed by atoms with Gasteiger partial charge in [-0.1, -0.05) is 13.0 Å². The molecule has 2 N–H and O–H groups in total. The average molecular weight is 236 g/mol. The Morgan fingerprint density at radius 3 is 2.82 bits per heavy atom. The first-order valence-corrected chi connectivity index (χ1v) is 6.44. The zero-order valence-electron chi connectivity index (χ0n) is 10.6. The minimum atomic E-state index is -0.182. The Labute approximate surface area is 103 Å². The van der Waals surface area contributed by atoms with E-state index in [0.717, 1.165) is 12.1 Å². The lowest BCUT2D eigenvalue weighted by molar-refractivity contribution is 0.595. The van der Waals surface area contributed by atoms with Gasteiger partial charge in [0.15, 0.2) is 0 Å². The molecule has 0 aliphatic carbocycles. The minimum absolute atomic E-state index is 0.182. The summed E-state index contributed by atoms with van der Waals surface area (Å²) in [5.74, 6) is -0.182. The van der Waals surface area contributed by atoms with Crippen LogP contribution in [-0.4, -0.2) is 12.1 Å². The maximum absolute atomic E-state index is 13.8. The predicted molar refractivity (Wildman–Crippen MR) is 69.5 cm³/mol. The Morgan fingerprint density at radius 2 is 2.18 bits per heavy atom. The largest absolute Gasteiger partial charge is 0.366 e. The standard InChI is InChI=1S/C14H21FN2/c1-3-11-8-7-10(2)17(11)14-6-4-5-13(15)12(14)9-16/h4-6,10-11H,3,7-9,16H2,1-2H3. The number of nitrogens with zero attached hydrogens (tertiary/aromatic N) is 1. The van der Waals surface area contributed by atoms with Crippen LogP contribution in [0.1, 0.15) is 38.7 Å². The highest BCUT2D eigenvalue weighted by Gasteiger charge is 2.30. The summed E-state index contributed by atoms with van der Waals surface area (Å²) in [5, 5.41) is 0. The molecular weight excluding hydrogens is 215 g/mol. The molecule has 0 aromatic heterocycles. The van der Waals surface area contributed by atoms with Crippen LogP contribution in [0.5, 0.6) is 0 Å². The van der Waals surface area contributed by atoms with E-state index in [-0.39, 0.29) is 12.4 Å². The summed E-state index contributed by atoms with van der Waals surface area (Å²) in [4.78, 5) is 2.35. The van der Waals surface area contributed by atoms with Gasteiger partial charge in [0.25, 0.3) is 0 Å². The predicted octanol–water partition coefficient (Wildman–Crippen LogP) is 3.05. The summed E-state index contributed by atoms with van der Waals surface area (Å²) in [6.07, 6.45) is 3.47. The van der Waals surface area contributed by atoms with Crippen molar-refractivity contribution in [2.45, 2.75) is 51.7 Å². The topological polar surface area (TPSA) is 29.3 Å². The van der Waals surface area contributed by atoms with Gasteiger partial charge < -0.3 is 10.6 Å². The highest BCUT2D eigenvalue weighted by molar-refractivity contribution is 5.56. The van der Waals surface area contributed by atoms with Crippen molar-refractivity contribution in [3.63, 3.8) is 0 Å². The third-order valence-electron chi connectivity index (χ3n) is 3.83. The molecule has 2 atom stereocenters. The van der Waals surface area contributed by atoms with Crippen LogP contribution in [-0.2, 0) is 6.54 Å². The lowest BCUT2D eigenvalue weighted by Gasteiger charge is -2.32. The zero-order chi connectivity index (χ0) is 12.4. The average Bonchev–Trinajstić information content (AvgIpc) is 2.70. The second-order valence-electron chi connectivity index (χ2n) is 4.84. The summed E-state index contributed by atoms with van der Waals surface area (Å²) in [6.45, 7) is 4.67. The van der Waals surface area contributed by atoms with Gasteiger partial charge in [-0.3, -0.25) is 0 Å². The number of halogens is 1. The van der Waals surface area contributed by atoms with E-state index in [2.05, 4.69) is 18.7 Å². The summed E-state index contributed by atoms with van der Waals surface area (Å²) < 4.78 is 13.8. The Bertz CT molecular complexity index is 392. The third-order valence-corrected chi connectivity index (χ3v) is 3.83. The van der Waals surface area contributed by atoms with E-state index in [1.54, 1.807) is 6.07 Å². The fourth-order valence-corrected chi connectivity index (χ4v) is 2.90. The zero-order valence-corrected chi connectivity index (χ0v) is 10.6. The number of benzene rings is 1. The highest BCUT2D eigenvalue weighted by atomic mass is 19.1. The van der Waals surface area contributed by atoms with Crippen molar-refractivity contribution in [3.8, 4) is 0 Å². The van der Waals surface area contributed by atoms with E-state index in [9.17, 15) is 4.39 Å². The number of hydrogen-bond donors (Lipinski definition) is 1. The summed E-state index contributed by atoms with van der Waals surface area (Å²) in [5.41, 5.74) is 7.33. The molecule has 1 aromatic rings. The van der Waals surface area contributed by atoms with Crippen molar-refractivity contribution in [2.75, 3.05) is 4.90 Å². The number of rotatable bonds is 3. The van der Waals surface area contributed by atoms with Crippen LogP contribution in [0, 0.1) is 5.82 Å². The minimum Gasteiger partial charge on any atom is -0.366 e. The molecule has 2 rings (SSSR count).